The van der Waals surface area contributed by atoms with Crippen molar-refractivity contribution in [1.82, 2.24) is 25.9 Å². The molecule has 0 saturated carbocycles. The van der Waals surface area contributed by atoms with E-state index in [4.69, 9.17) is 11.6 Å². The van der Waals surface area contributed by atoms with E-state index in [1.807, 2.05) is 0 Å². The summed E-state index contributed by atoms with van der Waals surface area (Å²) in [6.45, 7) is 1.45. The fraction of sp³-hybridized carbons (Fsp3) is 0.250. The summed E-state index contributed by atoms with van der Waals surface area (Å²) in [4.78, 5) is 15.0. The molecule has 11 heteroatoms. The predicted octanol–water partition coefficient (Wildman–Crippen LogP) is 2.86. The van der Waals surface area contributed by atoms with Crippen LogP contribution in [0.2, 0.25) is 5.02 Å². The van der Waals surface area contributed by atoms with Crippen molar-refractivity contribution in [2.45, 2.75) is 19.1 Å². The Kier molecular flexibility index (Phi) is 4.94. The molecule has 0 saturated heterocycles. The summed E-state index contributed by atoms with van der Waals surface area (Å²) in [7, 11) is 0. The minimum absolute atomic E-state index is 0.120. The van der Waals surface area contributed by atoms with Gasteiger partial charge >= 0.3 is 12.2 Å². The number of urea groups is 1. The van der Waals surface area contributed by atoms with E-state index in [1.54, 1.807) is 24.3 Å². The molecule has 0 bridgehead atoms. The number of amides is 2. The third kappa shape index (κ3) is 4.49. The van der Waals surface area contributed by atoms with Crippen LogP contribution in [0.5, 0.6) is 0 Å². The Balaban J connectivity index is 1.90. The van der Waals surface area contributed by atoms with Gasteiger partial charge in [-0.3, -0.25) is 16.0 Å². The highest BCUT2D eigenvalue weighted by atomic mass is 35.5. The molecule has 1 atom stereocenters. The third-order valence-electron chi connectivity index (χ3n) is 2.70. The van der Waals surface area contributed by atoms with Gasteiger partial charge in [-0.2, -0.15) is 13.2 Å². The standard InChI is InChI=1S/C12H12ClF3N6O/c1-6(9-18-10(21-20-9)12(14,15)16)17-11(23)22-19-8-5-3-2-4-7(8)13/h2-6,19H,1H3,(H2,17,22,23)(H,18,20,21). The molecule has 0 fully saturated rings. The number of aromatic amines is 1. The van der Waals surface area contributed by atoms with Crippen LogP contribution in [0.3, 0.4) is 0 Å². The van der Waals surface area contributed by atoms with Crippen LogP contribution in [0, 0.1) is 0 Å². The van der Waals surface area contributed by atoms with E-state index >= 15 is 0 Å². The second-order valence-corrected chi connectivity index (χ2v) is 4.87. The molecule has 7 nitrogen and oxygen atoms in total. The summed E-state index contributed by atoms with van der Waals surface area (Å²) >= 11 is 5.89. The first-order valence-corrected chi connectivity index (χ1v) is 6.71. The number of halogens is 4. The van der Waals surface area contributed by atoms with E-state index in [0.717, 1.165) is 0 Å². The van der Waals surface area contributed by atoms with Crippen molar-refractivity contribution in [2.75, 3.05) is 5.43 Å². The van der Waals surface area contributed by atoms with Crippen LogP contribution in [0.15, 0.2) is 24.3 Å². The van der Waals surface area contributed by atoms with Crippen LogP contribution in [-0.2, 0) is 6.18 Å². The lowest BCUT2D eigenvalue weighted by Crippen LogP contribution is -2.40. The molecule has 4 N–H and O–H groups in total. The summed E-state index contributed by atoms with van der Waals surface area (Å²) < 4.78 is 37.2. The van der Waals surface area contributed by atoms with Gasteiger partial charge in [0.05, 0.1) is 16.8 Å². The molecule has 2 aromatic rings. The van der Waals surface area contributed by atoms with E-state index in [0.29, 0.717) is 10.7 Å². The number of benzene rings is 1. The van der Waals surface area contributed by atoms with Gasteiger partial charge in [-0.25, -0.2) is 9.78 Å². The van der Waals surface area contributed by atoms with Crippen LogP contribution in [0.1, 0.15) is 24.6 Å². The molecule has 2 amide bonds. The molecule has 0 aliphatic heterocycles. The molecular formula is C12H12ClF3N6O. The van der Waals surface area contributed by atoms with Gasteiger partial charge in [-0.1, -0.05) is 23.7 Å². The molecule has 2 rings (SSSR count). The van der Waals surface area contributed by atoms with Crippen molar-refractivity contribution in [3.05, 3.63) is 40.9 Å². The van der Waals surface area contributed by atoms with Gasteiger partial charge < -0.3 is 5.32 Å². The number of nitrogens with zero attached hydrogens (tertiary/aromatic N) is 2. The minimum atomic E-state index is -4.65. The average molecular weight is 349 g/mol. The highest BCUT2D eigenvalue weighted by molar-refractivity contribution is 6.33. The lowest BCUT2D eigenvalue weighted by atomic mass is 10.3. The maximum atomic E-state index is 12.4. The predicted molar refractivity (Wildman–Crippen MR) is 76.5 cm³/mol. The molecular weight excluding hydrogens is 337 g/mol. The van der Waals surface area contributed by atoms with Crippen LogP contribution in [-0.4, -0.2) is 21.2 Å². The molecule has 124 valence electrons. The topological polar surface area (TPSA) is 94.7 Å². The number of anilines is 1. The van der Waals surface area contributed by atoms with Crippen LogP contribution >= 0.6 is 11.6 Å². The first kappa shape index (κ1) is 16.9. The smallest absolute Gasteiger partial charge is 0.327 e. The van der Waals surface area contributed by atoms with Crippen molar-refractivity contribution < 1.29 is 18.0 Å². The molecule has 1 unspecified atom stereocenters. The maximum Gasteiger partial charge on any atom is 0.453 e. The van der Waals surface area contributed by atoms with Gasteiger partial charge in [0.25, 0.3) is 5.82 Å². The normalized spacial score (nSPS) is 12.6. The van der Waals surface area contributed by atoms with Crippen molar-refractivity contribution in [3.63, 3.8) is 0 Å². The Morgan fingerprint density at radius 3 is 2.65 bits per heavy atom. The molecule has 1 aromatic carbocycles. The Morgan fingerprint density at radius 1 is 1.35 bits per heavy atom. The fourth-order valence-corrected chi connectivity index (χ4v) is 1.77. The number of alkyl halides is 3. The number of aromatic nitrogens is 3. The number of hydrogen-bond acceptors (Lipinski definition) is 4. The lowest BCUT2D eigenvalue weighted by Gasteiger charge is -2.14. The summed E-state index contributed by atoms with van der Waals surface area (Å²) in [6.07, 6.45) is -4.65. The highest BCUT2D eigenvalue weighted by Gasteiger charge is 2.36. The Labute approximate surface area is 133 Å². The Morgan fingerprint density at radius 2 is 2.04 bits per heavy atom. The number of H-pyrrole nitrogens is 1. The van der Waals surface area contributed by atoms with Crippen LogP contribution in [0.25, 0.3) is 0 Å². The average Bonchev–Trinajstić information content (AvgIpc) is 2.96. The molecule has 1 aromatic heterocycles. The van der Waals surface area contributed by atoms with Crippen molar-refractivity contribution in [1.29, 1.82) is 0 Å². The first-order valence-electron chi connectivity index (χ1n) is 6.34. The molecule has 23 heavy (non-hydrogen) atoms. The summed E-state index contributed by atoms with van der Waals surface area (Å²) in [5, 5.41) is 7.98. The lowest BCUT2D eigenvalue weighted by molar-refractivity contribution is -0.144. The van der Waals surface area contributed by atoms with Crippen LogP contribution in [0.4, 0.5) is 23.7 Å². The molecule has 0 radical (unpaired) electrons. The number of carbonyl (C=O) groups is 1. The van der Waals surface area contributed by atoms with Gasteiger partial charge in [0.2, 0.25) is 0 Å². The number of para-hydroxylation sites is 1. The minimum Gasteiger partial charge on any atom is -0.327 e. The largest absolute Gasteiger partial charge is 0.453 e. The summed E-state index contributed by atoms with van der Waals surface area (Å²) in [6, 6.07) is 5.20. The quantitative estimate of drug-likeness (QED) is 0.639. The monoisotopic (exact) mass is 348 g/mol. The van der Waals surface area contributed by atoms with E-state index in [-0.39, 0.29) is 5.82 Å². The maximum absolute atomic E-state index is 12.4. The zero-order valence-corrected chi connectivity index (χ0v) is 12.5. The number of hydrogen-bond donors (Lipinski definition) is 4. The fourth-order valence-electron chi connectivity index (χ4n) is 1.58. The van der Waals surface area contributed by atoms with Gasteiger partial charge in [0.15, 0.2) is 0 Å². The third-order valence-corrected chi connectivity index (χ3v) is 3.03. The number of rotatable bonds is 4. The number of nitrogens with one attached hydrogen (secondary N) is 4. The number of carbonyl (C=O) groups excluding carboxylic acids is 1. The summed E-state index contributed by atoms with van der Waals surface area (Å²) in [5.41, 5.74) is 5.36. The second-order valence-electron chi connectivity index (χ2n) is 4.47. The van der Waals surface area contributed by atoms with E-state index in [9.17, 15) is 18.0 Å². The molecule has 0 aliphatic rings. The van der Waals surface area contributed by atoms with Crippen molar-refractivity contribution in [2.24, 2.45) is 0 Å². The van der Waals surface area contributed by atoms with E-state index in [2.05, 4.69) is 31.3 Å². The van der Waals surface area contributed by atoms with Gasteiger partial charge in [-0.05, 0) is 19.1 Å². The highest BCUT2D eigenvalue weighted by Crippen LogP contribution is 2.26. The van der Waals surface area contributed by atoms with Crippen molar-refractivity contribution in [3.8, 4) is 0 Å². The van der Waals surface area contributed by atoms with Gasteiger partial charge in [-0.15, -0.1) is 5.10 Å². The van der Waals surface area contributed by atoms with E-state index < -0.39 is 24.1 Å². The van der Waals surface area contributed by atoms with Crippen molar-refractivity contribution >= 4 is 23.3 Å². The SMILES string of the molecule is CC(NC(=O)NNc1ccccc1Cl)c1nc(C(F)(F)F)n[nH]1. The molecule has 0 aliphatic carbocycles. The van der Waals surface area contributed by atoms with Gasteiger partial charge in [0, 0.05) is 0 Å². The zero-order chi connectivity index (χ0) is 17.0. The second kappa shape index (κ2) is 6.73. The van der Waals surface area contributed by atoms with E-state index in [1.165, 1.54) is 6.92 Å². The first-order chi connectivity index (χ1) is 10.8. The van der Waals surface area contributed by atoms with Gasteiger partial charge in [0.1, 0.15) is 5.82 Å². The zero-order valence-electron chi connectivity index (χ0n) is 11.7. The molecule has 1 heterocycles. The van der Waals surface area contributed by atoms with Crippen LogP contribution < -0.4 is 16.2 Å². The number of hydrazine groups is 1. The Bertz CT molecular complexity index is 689. The molecule has 0 spiro atoms. The summed E-state index contributed by atoms with van der Waals surface area (Å²) in [5.74, 6) is -1.42. The Hall–Kier alpha value is -2.49.